The zero-order chi connectivity index (χ0) is 18.1. The quantitative estimate of drug-likeness (QED) is 0.605. The molecule has 0 saturated carbocycles. The van der Waals surface area contributed by atoms with E-state index < -0.39 is 11.6 Å². The molecular formula is C20H20ClF2N3. The smallest absolute Gasteiger partial charge is 0.161 e. The lowest BCUT2D eigenvalue weighted by molar-refractivity contribution is 0.171. The minimum absolute atomic E-state index is 0.149. The first-order valence-corrected chi connectivity index (χ1v) is 9.37. The SMILES string of the molecule is Fc1cc2nc(CCl)n(C3CCCN(Cc4ccccc4)C3)c2cc1F. The molecule has 1 unspecified atom stereocenters. The van der Waals surface area contributed by atoms with Gasteiger partial charge in [0.05, 0.1) is 16.9 Å². The highest BCUT2D eigenvalue weighted by Crippen LogP contribution is 2.30. The molecule has 0 aliphatic carbocycles. The highest BCUT2D eigenvalue weighted by atomic mass is 35.5. The summed E-state index contributed by atoms with van der Waals surface area (Å²) in [6, 6.07) is 12.9. The highest BCUT2D eigenvalue weighted by molar-refractivity contribution is 6.16. The summed E-state index contributed by atoms with van der Waals surface area (Å²) in [5, 5.41) is 0. The van der Waals surface area contributed by atoms with Crippen LogP contribution in [0, 0.1) is 11.6 Å². The number of hydrogen-bond donors (Lipinski definition) is 0. The van der Waals surface area contributed by atoms with E-state index in [1.54, 1.807) is 0 Å². The Bertz CT molecular complexity index is 910. The summed E-state index contributed by atoms with van der Waals surface area (Å²) in [7, 11) is 0. The van der Waals surface area contributed by atoms with Crippen molar-refractivity contribution in [2.45, 2.75) is 31.3 Å². The van der Waals surface area contributed by atoms with E-state index in [1.165, 1.54) is 11.6 Å². The summed E-state index contributed by atoms with van der Waals surface area (Å²) < 4.78 is 29.4. The number of nitrogens with zero attached hydrogens (tertiary/aromatic N) is 3. The maximum atomic E-state index is 13.8. The molecule has 2 aromatic carbocycles. The topological polar surface area (TPSA) is 21.1 Å². The van der Waals surface area contributed by atoms with Crippen LogP contribution in [0.3, 0.4) is 0 Å². The Morgan fingerprint density at radius 2 is 1.88 bits per heavy atom. The molecular weight excluding hydrogens is 356 g/mol. The maximum Gasteiger partial charge on any atom is 0.161 e. The van der Waals surface area contributed by atoms with Gasteiger partial charge in [-0.25, -0.2) is 13.8 Å². The summed E-state index contributed by atoms with van der Waals surface area (Å²) in [4.78, 5) is 6.82. The largest absolute Gasteiger partial charge is 0.322 e. The van der Waals surface area contributed by atoms with Crippen molar-refractivity contribution in [3.63, 3.8) is 0 Å². The van der Waals surface area contributed by atoms with Gasteiger partial charge in [-0.2, -0.15) is 0 Å². The summed E-state index contributed by atoms with van der Waals surface area (Å²) in [6.45, 7) is 2.74. The molecule has 3 nitrogen and oxygen atoms in total. The summed E-state index contributed by atoms with van der Waals surface area (Å²) in [6.07, 6.45) is 2.02. The van der Waals surface area contributed by atoms with E-state index >= 15 is 0 Å². The molecule has 1 atom stereocenters. The number of benzene rings is 2. The highest BCUT2D eigenvalue weighted by Gasteiger charge is 2.25. The van der Waals surface area contributed by atoms with Crippen LogP contribution in [0.2, 0.25) is 0 Å². The Balaban J connectivity index is 1.65. The van der Waals surface area contributed by atoms with E-state index in [0.717, 1.165) is 38.5 Å². The van der Waals surface area contributed by atoms with Gasteiger partial charge in [-0.15, -0.1) is 11.6 Å². The van der Waals surface area contributed by atoms with Crippen LogP contribution in [0.1, 0.15) is 30.3 Å². The molecule has 3 aromatic rings. The van der Waals surface area contributed by atoms with Crippen molar-refractivity contribution >= 4 is 22.6 Å². The number of aromatic nitrogens is 2. The molecule has 0 N–H and O–H groups in total. The molecule has 0 spiro atoms. The lowest BCUT2D eigenvalue weighted by Crippen LogP contribution is -2.36. The van der Waals surface area contributed by atoms with Gasteiger partial charge in [-0.1, -0.05) is 30.3 Å². The van der Waals surface area contributed by atoms with E-state index in [0.29, 0.717) is 16.9 Å². The molecule has 136 valence electrons. The second-order valence-corrected chi connectivity index (χ2v) is 7.07. The van der Waals surface area contributed by atoms with Crippen LogP contribution >= 0.6 is 11.6 Å². The van der Waals surface area contributed by atoms with Gasteiger partial charge in [0.25, 0.3) is 0 Å². The predicted molar refractivity (Wildman–Crippen MR) is 99.2 cm³/mol. The fourth-order valence-corrected chi connectivity index (χ4v) is 4.06. The van der Waals surface area contributed by atoms with Crippen LogP contribution < -0.4 is 0 Å². The fraction of sp³-hybridized carbons (Fsp3) is 0.350. The normalized spacial score (nSPS) is 18.5. The number of imidazole rings is 1. The van der Waals surface area contributed by atoms with Crippen molar-refractivity contribution in [3.05, 3.63) is 65.5 Å². The summed E-state index contributed by atoms with van der Waals surface area (Å²) in [5.41, 5.74) is 2.35. The molecule has 6 heteroatoms. The van der Waals surface area contributed by atoms with Crippen molar-refractivity contribution in [2.24, 2.45) is 0 Å². The van der Waals surface area contributed by atoms with Gasteiger partial charge < -0.3 is 4.57 Å². The Morgan fingerprint density at radius 1 is 1.12 bits per heavy atom. The number of rotatable bonds is 4. The van der Waals surface area contributed by atoms with Crippen molar-refractivity contribution in [3.8, 4) is 0 Å². The van der Waals surface area contributed by atoms with Gasteiger partial charge in [0.2, 0.25) is 0 Å². The molecule has 1 saturated heterocycles. The Morgan fingerprint density at radius 3 is 2.65 bits per heavy atom. The average molecular weight is 376 g/mol. The van der Waals surface area contributed by atoms with Gasteiger partial charge in [-0.05, 0) is 24.9 Å². The number of halogens is 3. The number of likely N-dealkylation sites (tertiary alicyclic amines) is 1. The molecule has 1 fully saturated rings. The van der Waals surface area contributed by atoms with Crippen LogP contribution in [-0.4, -0.2) is 27.5 Å². The monoisotopic (exact) mass is 375 g/mol. The molecule has 1 aliphatic heterocycles. The van der Waals surface area contributed by atoms with E-state index in [9.17, 15) is 8.78 Å². The molecule has 0 radical (unpaired) electrons. The van der Waals surface area contributed by atoms with Crippen LogP contribution in [-0.2, 0) is 12.4 Å². The van der Waals surface area contributed by atoms with E-state index in [2.05, 4.69) is 22.0 Å². The van der Waals surface area contributed by atoms with Crippen LogP contribution in [0.25, 0.3) is 11.0 Å². The van der Waals surface area contributed by atoms with E-state index in [4.69, 9.17) is 11.6 Å². The first kappa shape index (κ1) is 17.4. The lowest BCUT2D eigenvalue weighted by Gasteiger charge is -2.34. The predicted octanol–water partition coefficient (Wildman–Crippen LogP) is 4.89. The standard InChI is InChI=1S/C20H20ClF2N3/c21-11-20-24-18-9-16(22)17(23)10-19(18)26(20)15-7-4-8-25(13-15)12-14-5-2-1-3-6-14/h1-3,5-6,9-10,15H,4,7-8,11-13H2. The van der Waals surface area contributed by atoms with Crippen molar-refractivity contribution in [2.75, 3.05) is 13.1 Å². The Hall–Kier alpha value is -1.98. The second kappa shape index (κ2) is 7.33. The summed E-state index contributed by atoms with van der Waals surface area (Å²) in [5.74, 6) is -0.847. The van der Waals surface area contributed by atoms with Crippen molar-refractivity contribution < 1.29 is 8.78 Å². The molecule has 1 aromatic heterocycles. The van der Waals surface area contributed by atoms with Gasteiger partial charge >= 0.3 is 0 Å². The third-order valence-corrected chi connectivity index (χ3v) is 5.26. The fourth-order valence-electron chi connectivity index (χ4n) is 3.87. The van der Waals surface area contributed by atoms with E-state index in [-0.39, 0.29) is 11.9 Å². The van der Waals surface area contributed by atoms with Crippen molar-refractivity contribution in [1.82, 2.24) is 14.5 Å². The molecule has 0 bridgehead atoms. The number of fused-ring (bicyclic) bond motifs is 1. The van der Waals surface area contributed by atoms with Gasteiger partial charge in [0, 0.05) is 31.3 Å². The lowest BCUT2D eigenvalue weighted by atomic mass is 10.0. The van der Waals surface area contributed by atoms with Gasteiger partial charge in [0.1, 0.15) is 5.82 Å². The molecule has 4 rings (SSSR count). The average Bonchev–Trinajstić information content (AvgIpc) is 3.00. The van der Waals surface area contributed by atoms with Crippen LogP contribution in [0.4, 0.5) is 8.78 Å². The molecule has 0 amide bonds. The maximum absolute atomic E-state index is 13.8. The summed E-state index contributed by atoms with van der Waals surface area (Å²) >= 11 is 6.08. The zero-order valence-corrected chi connectivity index (χ0v) is 15.1. The van der Waals surface area contributed by atoms with Crippen molar-refractivity contribution in [1.29, 1.82) is 0 Å². The number of alkyl halides is 1. The zero-order valence-electron chi connectivity index (χ0n) is 14.3. The minimum Gasteiger partial charge on any atom is -0.322 e. The number of piperidine rings is 1. The number of hydrogen-bond acceptors (Lipinski definition) is 2. The minimum atomic E-state index is -0.877. The van der Waals surface area contributed by atoms with Gasteiger partial charge in [0.15, 0.2) is 11.6 Å². The molecule has 2 heterocycles. The van der Waals surface area contributed by atoms with Crippen LogP contribution in [0.15, 0.2) is 42.5 Å². The van der Waals surface area contributed by atoms with E-state index in [1.807, 2.05) is 22.8 Å². The second-order valence-electron chi connectivity index (χ2n) is 6.80. The van der Waals surface area contributed by atoms with Crippen LogP contribution in [0.5, 0.6) is 0 Å². The molecule has 26 heavy (non-hydrogen) atoms. The first-order valence-electron chi connectivity index (χ1n) is 8.84. The third kappa shape index (κ3) is 3.33. The Labute approximate surface area is 156 Å². The third-order valence-electron chi connectivity index (χ3n) is 5.02. The Kier molecular flexibility index (Phi) is 4.92. The van der Waals surface area contributed by atoms with Gasteiger partial charge in [-0.3, -0.25) is 4.90 Å². The first-order chi connectivity index (χ1) is 12.7. The molecule has 1 aliphatic rings.